The van der Waals surface area contributed by atoms with E-state index >= 15 is 0 Å². The quantitative estimate of drug-likeness (QED) is 0.460. The molecule has 30 heavy (non-hydrogen) atoms. The van der Waals surface area contributed by atoms with E-state index in [0.29, 0.717) is 10.8 Å². The second kappa shape index (κ2) is 7.74. The Hall–Kier alpha value is -3.48. The molecule has 7 heteroatoms. The molecule has 2 aromatic heterocycles. The van der Waals surface area contributed by atoms with Crippen LogP contribution in [0.4, 0.5) is 9.18 Å². The number of aromatic nitrogens is 3. The Morgan fingerprint density at radius 1 is 1.03 bits per heavy atom. The monoisotopic (exact) mass is 406 g/mol. The molecule has 4 aromatic rings. The summed E-state index contributed by atoms with van der Waals surface area (Å²) >= 11 is 0. The first-order valence-corrected chi connectivity index (χ1v) is 9.88. The lowest BCUT2D eigenvalue weighted by Gasteiger charge is -2.29. The topological polar surface area (TPSA) is 60.3 Å². The zero-order chi connectivity index (χ0) is 21.4. The van der Waals surface area contributed by atoms with Gasteiger partial charge in [-0.2, -0.15) is 0 Å². The normalized spacial score (nSPS) is 11.6. The van der Waals surface area contributed by atoms with Gasteiger partial charge >= 0.3 is 6.09 Å². The van der Waals surface area contributed by atoms with E-state index in [-0.39, 0.29) is 23.8 Å². The molecule has 0 N–H and O–H groups in total. The summed E-state index contributed by atoms with van der Waals surface area (Å²) < 4.78 is 21.3. The molecular formula is C23H23FN4O2. The second-order valence-electron chi connectivity index (χ2n) is 7.71. The molecule has 0 unspecified atom stereocenters. The zero-order valence-electron chi connectivity index (χ0n) is 17.3. The largest absolute Gasteiger partial charge is 0.417 e. The molecule has 6 nitrogen and oxygen atoms in total. The maximum absolute atomic E-state index is 13.8. The van der Waals surface area contributed by atoms with Crippen LogP contribution in [0.1, 0.15) is 27.7 Å². The predicted molar refractivity (Wildman–Crippen MR) is 114 cm³/mol. The third kappa shape index (κ3) is 3.47. The van der Waals surface area contributed by atoms with Gasteiger partial charge in [-0.25, -0.2) is 13.9 Å². The van der Waals surface area contributed by atoms with Gasteiger partial charge in [0.1, 0.15) is 5.82 Å². The Morgan fingerprint density at radius 2 is 1.73 bits per heavy atom. The van der Waals surface area contributed by atoms with E-state index in [9.17, 15) is 9.18 Å². The van der Waals surface area contributed by atoms with Crippen molar-refractivity contribution in [2.24, 2.45) is 0 Å². The maximum atomic E-state index is 13.8. The highest BCUT2D eigenvalue weighted by Gasteiger charge is 2.25. The zero-order valence-corrected chi connectivity index (χ0v) is 17.3. The molecule has 0 saturated carbocycles. The lowest BCUT2D eigenvalue weighted by Crippen LogP contribution is -2.43. The van der Waals surface area contributed by atoms with E-state index < -0.39 is 6.09 Å². The SMILES string of the molecule is CC(C)N(C(=O)Oc1nn(-c2ccncc2)c2ccc3cc(F)ccc3c12)C(C)C. The Labute approximate surface area is 173 Å². The molecule has 2 heterocycles. The van der Waals surface area contributed by atoms with Gasteiger partial charge in [-0.1, -0.05) is 12.1 Å². The van der Waals surface area contributed by atoms with Crippen LogP contribution in [0.15, 0.2) is 54.9 Å². The van der Waals surface area contributed by atoms with E-state index in [2.05, 4.69) is 10.1 Å². The molecular weight excluding hydrogens is 383 g/mol. The van der Waals surface area contributed by atoms with Crippen molar-refractivity contribution in [2.75, 3.05) is 0 Å². The minimum absolute atomic E-state index is 0.0307. The van der Waals surface area contributed by atoms with Crippen molar-refractivity contribution in [1.82, 2.24) is 19.7 Å². The van der Waals surface area contributed by atoms with Gasteiger partial charge in [0.05, 0.1) is 16.6 Å². The molecule has 0 saturated heterocycles. The van der Waals surface area contributed by atoms with Crippen LogP contribution in [-0.2, 0) is 0 Å². The molecule has 4 rings (SSSR count). The summed E-state index contributed by atoms with van der Waals surface area (Å²) in [6.07, 6.45) is 2.87. The van der Waals surface area contributed by atoms with Crippen LogP contribution in [0.5, 0.6) is 5.88 Å². The first-order chi connectivity index (χ1) is 14.4. The lowest BCUT2D eigenvalue weighted by atomic mass is 10.1. The number of hydrogen-bond donors (Lipinski definition) is 0. The molecule has 0 bridgehead atoms. The number of pyridine rings is 1. The minimum atomic E-state index is -0.472. The van der Waals surface area contributed by atoms with Gasteiger partial charge in [0.25, 0.3) is 5.88 Å². The Bertz CT molecular complexity index is 1210. The van der Waals surface area contributed by atoms with Crippen molar-refractivity contribution in [2.45, 2.75) is 39.8 Å². The van der Waals surface area contributed by atoms with Crippen molar-refractivity contribution in [3.05, 3.63) is 60.7 Å². The smallest absolute Gasteiger partial charge is 0.389 e. The van der Waals surface area contributed by atoms with Gasteiger partial charge in [0.15, 0.2) is 0 Å². The molecule has 154 valence electrons. The fourth-order valence-corrected chi connectivity index (χ4v) is 3.79. The molecule has 1 amide bonds. The van der Waals surface area contributed by atoms with Gasteiger partial charge in [-0.05, 0) is 68.8 Å². The van der Waals surface area contributed by atoms with Gasteiger partial charge < -0.3 is 9.64 Å². The third-order valence-corrected chi connectivity index (χ3v) is 5.01. The number of nitrogens with zero attached hydrogens (tertiary/aromatic N) is 4. The molecule has 0 aliphatic rings. The average Bonchev–Trinajstić information content (AvgIpc) is 3.06. The number of hydrogen-bond acceptors (Lipinski definition) is 4. The molecule has 0 spiro atoms. The van der Waals surface area contributed by atoms with Crippen LogP contribution >= 0.6 is 0 Å². The molecule has 0 aliphatic heterocycles. The third-order valence-electron chi connectivity index (χ3n) is 5.01. The summed E-state index contributed by atoms with van der Waals surface area (Å²) in [7, 11) is 0. The molecule has 0 atom stereocenters. The number of carbonyl (C=O) groups excluding carboxylic acids is 1. The predicted octanol–water partition coefficient (Wildman–Crippen LogP) is 5.33. The molecule has 0 fully saturated rings. The number of ether oxygens (including phenoxy) is 1. The number of halogens is 1. The first kappa shape index (κ1) is 19.8. The van der Waals surface area contributed by atoms with Gasteiger partial charge in [-0.15, -0.1) is 5.10 Å². The molecule has 0 aliphatic carbocycles. The van der Waals surface area contributed by atoms with Gasteiger partial charge in [-0.3, -0.25) is 4.98 Å². The Balaban J connectivity index is 1.92. The Kier molecular flexibility index (Phi) is 5.11. The van der Waals surface area contributed by atoms with Crippen LogP contribution < -0.4 is 4.74 Å². The maximum Gasteiger partial charge on any atom is 0.417 e. The van der Waals surface area contributed by atoms with Gasteiger partial charge in [0, 0.05) is 24.5 Å². The highest BCUT2D eigenvalue weighted by atomic mass is 19.1. The minimum Gasteiger partial charge on any atom is -0.389 e. The van der Waals surface area contributed by atoms with Crippen molar-refractivity contribution in [3.63, 3.8) is 0 Å². The standard InChI is InChI=1S/C23H23FN4O2/c1-14(2)27(15(3)4)23(29)30-22-21-19-7-6-17(24)13-16(19)5-8-20(21)28(26-22)18-9-11-25-12-10-18/h5-15H,1-4H3. The fourth-order valence-electron chi connectivity index (χ4n) is 3.79. The molecule has 0 radical (unpaired) electrons. The fraction of sp³-hybridized carbons (Fsp3) is 0.261. The van der Waals surface area contributed by atoms with E-state index in [0.717, 1.165) is 16.6 Å². The Morgan fingerprint density at radius 3 is 2.40 bits per heavy atom. The molecule has 2 aromatic carbocycles. The number of carbonyl (C=O) groups is 1. The second-order valence-corrected chi connectivity index (χ2v) is 7.71. The highest BCUT2D eigenvalue weighted by molar-refractivity contribution is 6.10. The van der Waals surface area contributed by atoms with E-state index in [1.165, 1.54) is 12.1 Å². The number of rotatable bonds is 4. The number of fused-ring (bicyclic) bond motifs is 3. The average molecular weight is 406 g/mol. The van der Waals surface area contributed by atoms with E-state index in [1.54, 1.807) is 28.0 Å². The van der Waals surface area contributed by atoms with Crippen molar-refractivity contribution < 1.29 is 13.9 Å². The van der Waals surface area contributed by atoms with Crippen LogP contribution in [-0.4, -0.2) is 37.8 Å². The lowest BCUT2D eigenvalue weighted by molar-refractivity contribution is 0.121. The van der Waals surface area contributed by atoms with Crippen LogP contribution in [0, 0.1) is 5.82 Å². The van der Waals surface area contributed by atoms with Crippen molar-refractivity contribution >= 4 is 27.8 Å². The number of amides is 1. The first-order valence-electron chi connectivity index (χ1n) is 9.88. The summed E-state index contributed by atoms with van der Waals surface area (Å²) in [5, 5.41) is 6.72. The summed E-state index contributed by atoms with van der Waals surface area (Å²) in [4.78, 5) is 18.7. The van der Waals surface area contributed by atoms with Crippen LogP contribution in [0.2, 0.25) is 0 Å². The van der Waals surface area contributed by atoms with Crippen molar-refractivity contribution in [3.8, 4) is 11.6 Å². The number of benzene rings is 2. The van der Waals surface area contributed by atoms with Gasteiger partial charge in [0.2, 0.25) is 0 Å². The van der Waals surface area contributed by atoms with Crippen molar-refractivity contribution in [1.29, 1.82) is 0 Å². The summed E-state index contributed by atoms with van der Waals surface area (Å²) in [5.74, 6) is -0.136. The summed E-state index contributed by atoms with van der Waals surface area (Å²) in [5.41, 5.74) is 1.53. The summed E-state index contributed by atoms with van der Waals surface area (Å²) in [6, 6.07) is 11.8. The van der Waals surface area contributed by atoms with Crippen LogP contribution in [0.3, 0.4) is 0 Å². The van der Waals surface area contributed by atoms with E-state index in [4.69, 9.17) is 4.74 Å². The highest BCUT2D eigenvalue weighted by Crippen LogP contribution is 2.35. The van der Waals surface area contributed by atoms with E-state index in [1.807, 2.05) is 52.0 Å². The summed E-state index contributed by atoms with van der Waals surface area (Å²) in [6.45, 7) is 7.75. The van der Waals surface area contributed by atoms with Crippen LogP contribution in [0.25, 0.3) is 27.4 Å².